The molecule has 0 amide bonds. The Labute approximate surface area is 137 Å². The third kappa shape index (κ3) is 9.44. The van der Waals surface area contributed by atoms with Crippen LogP contribution in [0.3, 0.4) is 0 Å². The number of methoxy groups -OCH3 is 3. The molecule has 0 aliphatic heterocycles. The monoisotopic (exact) mass is 316 g/mol. The maximum absolute atomic E-state index is 5.44. The Bertz CT molecular complexity index is 243. The molecule has 0 heterocycles. The van der Waals surface area contributed by atoms with Crippen LogP contribution in [0, 0.1) is 0 Å². The minimum Gasteiger partial charge on any atom is -0.499 e. The second kappa shape index (κ2) is 14.0. The van der Waals surface area contributed by atoms with Crippen molar-refractivity contribution in [2.75, 3.05) is 21.3 Å². The lowest BCUT2D eigenvalue weighted by Gasteiger charge is -2.28. The van der Waals surface area contributed by atoms with E-state index < -0.39 is 5.97 Å². The highest BCUT2D eigenvalue weighted by atomic mass is 16.9. The molecule has 0 fully saturated rings. The Balaban J connectivity index is 3.49. The molecule has 0 bridgehead atoms. The maximum atomic E-state index is 5.44. The van der Waals surface area contributed by atoms with Gasteiger partial charge in [0.05, 0.1) is 12.4 Å². The number of hydrogen-bond acceptors (Lipinski definition) is 4. The van der Waals surface area contributed by atoms with E-state index in [-0.39, 0.29) is 0 Å². The number of unbranched alkanes of at least 4 members (excludes halogenated alkanes) is 6. The predicted octanol–water partition coefficient (Wildman–Crippen LogP) is 5.03. The van der Waals surface area contributed by atoms with E-state index in [0.29, 0.717) is 6.10 Å². The second-order valence-corrected chi connectivity index (χ2v) is 5.64. The molecule has 0 N–H and O–H groups in total. The molecule has 0 aliphatic rings. The van der Waals surface area contributed by atoms with Gasteiger partial charge in [-0.05, 0) is 25.7 Å². The average molecular weight is 316 g/mol. The summed E-state index contributed by atoms with van der Waals surface area (Å²) in [6.45, 7) is 5.78. The molecule has 4 nitrogen and oxygen atoms in total. The maximum Gasteiger partial charge on any atom is 0.282 e. The summed E-state index contributed by atoms with van der Waals surface area (Å²) in [4.78, 5) is 0. The Morgan fingerprint density at radius 3 is 1.82 bits per heavy atom. The van der Waals surface area contributed by atoms with E-state index in [1.807, 2.05) is 0 Å². The third-order valence-electron chi connectivity index (χ3n) is 4.19. The zero-order valence-electron chi connectivity index (χ0n) is 15.1. The minimum absolute atomic E-state index is 0.350. The van der Waals surface area contributed by atoms with Crippen LogP contribution in [0.2, 0.25) is 0 Å². The molecular weight excluding hydrogens is 280 g/mol. The Kier molecular flexibility index (Phi) is 13.7. The van der Waals surface area contributed by atoms with E-state index in [1.165, 1.54) is 38.5 Å². The summed E-state index contributed by atoms with van der Waals surface area (Å²) in [6.07, 6.45) is 13.5. The normalized spacial score (nSPS) is 13.1. The Morgan fingerprint density at radius 2 is 1.36 bits per heavy atom. The first-order valence-electron chi connectivity index (χ1n) is 8.59. The fourth-order valence-corrected chi connectivity index (χ4v) is 2.66. The van der Waals surface area contributed by atoms with Crippen LogP contribution in [0.15, 0.2) is 12.8 Å². The molecule has 0 rings (SSSR count). The van der Waals surface area contributed by atoms with E-state index in [2.05, 4.69) is 13.5 Å². The second-order valence-electron chi connectivity index (χ2n) is 5.64. The van der Waals surface area contributed by atoms with E-state index >= 15 is 0 Å². The molecule has 132 valence electrons. The summed E-state index contributed by atoms with van der Waals surface area (Å²) >= 11 is 0. The Hall–Kier alpha value is -0.580. The zero-order valence-corrected chi connectivity index (χ0v) is 15.1. The quantitative estimate of drug-likeness (QED) is 0.227. The van der Waals surface area contributed by atoms with E-state index in [0.717, 1.165) is 25.7 Å². The van der Waals surface area contributed by atoms with Crippen LogP contribution >= 0.6 is 0 Å². The van der Waals surface area contributed by atoms with Gasteiger partial charge in [0.25, 0.3) is 5.97 Å². The summed E-state index contributed by atoms with van der Waals surface area (Å²) < 4.78 is 21.3. The largest absolute Gasteiger partial charge is 0.499 e. The summed E-state index contributed by atoms with van der Waals surface area (Å²) in [5, 5.41) is 0. The van der Waals surface area contributed by atoms with Gasteiger partial charge < -0.3 is 18.9 Å². The first kappa shape index (κ1) is 21.4. The molecule has 1 atom stereocenters. The molecule has 0 aromatic carbocycles. The van der Waals surface area contributed by atoms with Gasteiger partial charge in [-0.2, -0.15) is 0 Å². The van der Waals surface area contributed by atoms with Gasteiger partial charge in [-0.15, -0.1) is 0 Å². The fraction of sp³-hybridized carbons (Fsp3) is 0.889. The summed E-state index contributed by atoms with van der Waals surface area (Å²) in [7, 11) is 4.85. The first-order chi connectivity index (χ1) is 10.7. The lowest BCUT2D eigenvalue weighted by Crippen LogP contribution is -2.35. The van der Waals surface area contributed by atoms with E-state index in [1.54, 1.807) is 27.6 Å². The van der Waals surface area contributed by atoms with Crippen LogP contribution in [0.5, 0.6) is 0 Å². The summed E-state index contributed by atoms with van der Waals surface area (Å²) in [6, 6.07) is 0. The number of rotatable bonds is 16. The van der Waals surface area contributed by atoms with Crippen molar-refractivity contribution in [3.05, 3.63) is 12.8 Å². The average Bonchev–Trinajstić information content (AvgIpc) is 2.56. The first-order valence-corrected chi connectivity index (χ1v) is 8.59. The van der Waals surface area contributed by atoms with Crippen LogP contribution < -0.4 is 0 Å². The van der Waals surface area contributed by atoms with Gasteiger partial charge in [0, 0.05) is 27.8 Å². The molecule has 0 aromatic heterocycles. The molecule has 4 heteroatoms. The van der Waals surface area contributed by atoms with Gasteiger partial charge in [-0.1, -0.05) is 45.6 Å². The molecule has 1 unspecified atom stereocenters. The third-order valence-corrected chi connectivity index (χ3v) is 4.19. The van der Waals surface area contributed by atoms with Crippen LogP contribution in [0.4, 0.5) is 0 Å². The fourth-order valence-electron chi connectivity index (χ4n) is 2.66. The highest BCUT2D eigenvalue weighted by Crippen LogP contribution is 2.21. The highest BCUT2D eigenvalue weighted by molar-refractivity contribution is 4.61. The highest BCUT2D eigenvalue weighted by Gasteiger charge is 2.28. The van der Waals surface area contributed by atoms with Crippen molar-refractivity contribution in [3.8, 4) is 0 Å². The molecule has 0 saturated heterocycles. The number of hydrogen-bond donors (Lipinski definition) is 0. The molecule has 0 aromatic rings. The smallest absolute Gasteiger partial charge is 0.282 e. The van der Waals surface area contributed by atoms with Crippen LogP contribution in [0.25, 0.3) is 0 Å². The molecule has 0 aliphatic carbocycles. The predicted molar refractivity (Wildman–Crippen MR) is 90.7 cm³/mol. The lowest BCUT2D eigenvalue weighted by molar-refractivity contribution is -0.355. The molecule has 0 saturated carbocycles. The van der Waals surface area contributed by atoms with Crippen molar-refractivity contribution in [1.29, 1.82) is 0 Å². The van der Waals surface area contributed by atoms with E-state index in [9.17, 15) is 0 Å². The van der Waals surface area contributed by atoms with Crippen molar-refractivity contribution in [3.63, 3.8) is 0 Å². The molecule has 22 heavy (non-hydrogen) atoms. The molecule has 0 spiro atoms. The molecule has 0 radical (unpaired) electrons. The van der Waals surface area contributed by atoms with Gasteiger partial charge >= 0.3 is 0 Å². The van der Waals surface area contributed by atoms with Crippen molar-refractivity contribution in [2.45, 2.75) is 83.2 Å². The molecular formula is C18H36O4. The van der Waals surface area contributed by atoms with Gasteiger partial charge in [0.15, 0.2) is 0 Å². The summed E-state index contributed by atoms with van der Waals surface area (Å²) in [5.41, 5.74) is 0. The van der Waals surface area contributed by atoms with Gasteiger partial charge in [0.1, 0.15) is 0 Å². The van der Waals surface area contributed by atoms with Crippen molar-refractivity contribution in [2.24, 2.45) is 0 Å². The SMILES string of the molecule is C=COC(CC)CCCCCCCCCC(OC)(OC)OC. The standard InChI is InChI=1S/C18H36O4/c1-6-17(22-7-2)15-13-11-9-8-10-12-14-16-18(19-3,20-4)21-5/h7,17H,2,6,8-16H2,1,3-5H3. The van der Waals surface area contributed by atoms with Crippen LogP contribution in [-0.4, -0.2) is 33.4 Å². The van der Waals surface area contributed by atoms with Gasteiger partial charge in [-0.25, -0.2) is 0 Å². The lowest BCUT2D eigenvalue weighted by atomic mass is 10.0. The number of ether oxygens (including phenoxy) is 4. The van der Waals surface area contributed by atoms with Crippen LogP contribution in [0.1, 0.15) is 71.1 Å². The van der Waals surface area contributed by atoms with Crippen molar-refractivity contribution < 1.29 is 18.9 Å². The van der Waals surface area contributed by atoms with Crippen molar-refractivity contribution >= 4 is 0 Å². The van der Waals surface area contributed by atoms with Gasteiger partial charge in [0.2, 0.25) is 0 Å². The van der Waals surface area contributed by atoms with Crippen LogP contribution in [-0.2, 0) is 18.9 Å². The topological polar surface area (TPSA) is 36.9 Å². The van der Waals surface area contributed by atoms with Crippen molar-refractivity contribution in [1.82, 2.24) is 0 Å². The summed E-state index contributed by atoms with van der Waals surface area (Å²) in [5.74, 6) is -0.861. The van der Waals surface area contributed by atoms with Gasteiger partial charge in [-0.3, -0.25) is 0 Å². The van der Waals surface area contributed by atoms with E-state index in [4.69, 9.17) is 18.9 Å². The zero-order chi connectivity index (χ0) is 16.7. The minimum atomic E-state index is -0.861. The Morgan fingerprint density at radius 1 is 0.864 bits per heavy atom.